The number of benzene rings is 2. The Morgan fingerprint density at radius 3 is 2.67 bits per heavy atom. The van der Waals surface area contributed by atoms with Crippen molar-refractivity contribution in [3.63, 3.8) is 0 Å². The fourth-order valence-electron chi connectivity index (χ4n) is 2.58. The quantitative estimate of drug-likeness (QED) is 0.759. The van der Waals surface area contributed by atoms with Gasteiger partial charge in [0.25, 0.3) is 5.91 Å². The Morgan fingerprint density at radius 1 is 1.11 bits per heavy atom. The number of aromatic nitrogens is 3. The highest BCUT2D eigenvalue weighted by molar-refractivity contribution is 6.05. The van der Waals surface area contributed by atoms with Crippen LogP contribution < -0.4 is 14.8 Å². The van der Waals surface area contributed by atoms with E-state index >= 15 is 0 Å². The fourth-order valence-corrected chi connectivity index (χ4v) is 2.58. The maximum absolute atomic E-state index is 13.1. The highest BCUT2D eigenvalue weighted by Crippen LogP contribution is 2.35. The van der Waals surface area contributed by atoms with E-state index in [2.05, 4.69) is 15.4 Å². The number of alkyl halides is 3. The van der Waals surface area contributed by atoms with Gasteiger partial charge in [-0.3, -0.25) is 4.79 Å². The highest BCUT2D eigenvalue weighted by Gasteiger charge is 2.31. The summed E-state index contributed by atoms with van der Waals surface area (Å²) in [6.45, 7) is 0.0461. The van der Waals surface area contributed by atoms with Crippen molar-refractivity contribution in [3.8, 4) is 17.2 Å². The molecule has 2 heterocycles. The van der Waals surface area contributed by atoms with Crippen LogP contribution in [0.25, 0.3) is 5.69 Å². The minimum Gasteiger partial charge on any atom is -0.454 e. The number of hydrogen-bond acceptors (Lipinski definition) is 5. The number of halogens is 3. The third-order valence-electron chi connectivity index (χ3n) is 3.87. The van der Waals surface area contributed by atoms with Gasteiger partial charge in [0.1, 0.15) is 12.7 Å². The van der Waals surface area contributed by atoms with Crippen molar-refractivity contribution in [2.75, 3.05) is 12.1 Å². The third kappa shape index (κ3) is 3.28. The first kappa shape index (κ1) is 16.9. The number of nitrogens with zero attached hydrogens (tertiary/aromatic N) is 3. The van der Waals surface area contributed by atoms with Crippen LogP contribution in [-0.2, 0) is 6.18 Å². The average Bonchev–Trinajstić information content (AvgIpc) is 3.32. The summed E-state index contributed by atoms with van der Waals surface area (Å²) in [5.41, 5.74) is -0.499. The first-order valence-corrected chi connectivity index (χ1v) is 7.69. The molecule has 0 bridgehead atoms. The summed E-state index contributed by atoms with van der Waals surface area (Å²) in [5, 5.41) is 6.40. The summed E-state index contributed by atoms with van der Waals surface area (Å²) in [7, 11) is 0. The Labute approximate surface area is 150 Å². The Hall–Kier alpha value is -3.56. The van der Waals surface area contributed by atoms with E-state index in [0.29, 0.717) is 11.5 Å². The average molecular weight is 376 g/mol. The van der Waals surface area contributed by atoms with Crippen molar-refractivity contribution in [3.05, 3.63) is 60.2 Å². The van der Waals surface area contributed by atoms with Gasteiger partial charge in [0.05, 0.1) is 16.9 Å². The van der Waals surface area contributed by atoms with Crippen LogP contribution in [0.4, 0.5) is 18.9 Å². The molecule has 2 aromatic carbocycles. The smallest absolute Gasteiger partial charge is 0.416 e. The molecule has 0 radical (unpaired) electrons. The van der Waals surface area contributed by atoms with Gasteiger partial charge in [-0.15, -0.1) is 0 Å². The van der Waals surface area contributed by atoms with E-state index in [9.17, 15) is 18.0 Å². The number of amides is 1. The Morgan fingerprint density at radius 2 is 1.93 bits per heavy atom. The molecule has 27 heavy (non-hydrogen) atoms. The zero-order valence-corrected chi connectivity index (χ0v) is 13.5. The molecule has 0 unspecified atom stereocenters. The molecule has 1 N–H and O–H groups in total. The van der Waals surface area contributed by atoms with Crippen molar-refractivity contribution >= 4 is 11.6 Å². The minimum atomic E-state index is -4.56. The predicted molar refractivity (Wildman–Crippen MR) is 86.9 cm³/mol. The summed E-state index contributed by atoms with van der Waals surface area (Å²) in [6.07, 6.45) is -2.00. The number of rotatable bonds is 3. The molecule has 0 atom stereocenters. The number of carbonyl (C=O) groups is 1. The number of fused-ring (bicyclic) bond motifs is 1. The molecule has 0 saturated carbocycles. The normalized spacial score (nSPS) is 12.9. The monoisotopic (exact) mass is 376 g/mol. The summed E-state index contributed by atoms with van der Waals surface area (Å²) in [6, 6.07) is 7.48. The van der Waals surface area contributed by atoms with Gasteiger partial charge in [0, 0.05) is 5.56 Å². The summed E-state index contributed by atoms with van der Waals surface area (Å²) in [4.78, 5) is 16.3. The standard InChI is InChI=1S/C17H11F3N4O3/c18-17(19,20)11-2-3-13(24-8-21-7-22-24)12(6-11)23-16(25)10-1-4-14-15(5-10)27-9-26-14/h1-8H,9H2,(H,23,25). The van der Waals surface area contributed by atoms with Gasteiger partial charge in [-0.25, -0.2) is 9.67 Å². The van der Waals surface area contributed by atoms with Crippen LogP contribution in [-0.4, -0.2) is 27.5 Å². The SMILES string of the molecule is O=C(Nc1cc(C(F)(F)F)ccc1-n1cncn1)c1ccc2c(c1)OCO2. The van der Waals surface area contributed by atoms with Crippen LogP contribution in [0, 0.1) is 0 Å². The van der Waals surface area contributed by atoms with Crippen LogP contribution in [0.3, 0.4) is 0 Å². The first-order chi connectivity index (χ1) is 12.9. The number of nitrogens with one attached hydrogen (secondary N) is 1. The van der Waals surface area contributed by atoms with Gasteiger partial charge in [-0.2, -0.15) is 18.3 Å². The lowest BCUT2D eigenvalue weighted by molar-refractivity contribution is -0.137. The lowest BCUT2D eigenvalue weighted by Gasteiger charge is -2.14. The van der Waals surface area contributed by atoms with Gasteiger partial charge in [-0.1, -0.05) is 0 Å². The van der Waals surface area contributed by atoms with E-state index in [4.69, 9.17) is 9.47 Å². The zero-order chi connectivity index (χ0) is 19.0. The maximum atomic E-state index is 13.1. The van der Waals surface area contributed by atoms with Crippen LogP contribution in [0.5, 0.6) is 11.5 Å². The topological polar surface area (TPSA) is 78.3 Å². The van der Waals surface area contributed by atoms with Crippen LogP contribution >= 0.6 is 0 Å². The summed E-state index contributed by atoms with van der Waals surface area (Å²) < 4.78 is 50.9. The van der Waals surface area contributed by atoms with E-state index < -0.39 is 17.6 Å². The van der Waals surface area contributed by atoms with Crippen molar-refractivity contribution in [2.24, 2.45) is 0 Å². The minimum absolute atomic E-state index is 0.0461. The lowest BCUT2D eigenvalue weighted by Crippen LogP contribution is -2.15. The van der Waals surface area contributed by atoms with Gasteiger partial charge in [0.15, 0.2) is 11.5 Å². The molecule has 1 aromatic heterocycles. The van der Waals surface area contributed by atoms with Gasteiger partial charge < -0.3 is 14.8 Å². The first-order valence-electron chi connectivity index (χ1n) is 7.69. The molecule has 1 amide bonds. The van der Waals surface area contributed by atoms with Crippen LogP contribution in [0.2, 0.25) is 0 Å². The number of carbonyl (C=O) groups excluding carboxylic acids is 1. The molecule has 0 fully saturated rings. The second-order valence-electron chi connectivity index (χ2n) is 5.59. The zero-order valence-electron chi connectivity index (χ0n) is 13.5. The molecule has 1 aliphatic rings. The molecular weight excluding hydrogens is 365 g/mol. The molecule has 10 heteroatoms. The van der Waals surface area contributed by atoms with E-state index in [1.54, 1.807) is 6.07 Å². The molecule has 1 aliphatic heterocycles. The van der Waals surface area contributed by atoms with Crippen molar-refractivity contribution in [2.45, 2.75) is 6.18 Å². The van der Waals surface area contributed by atoms with Crippen molar-refractivity contribution in [1.82, 2.24) is 14.8 Å². The van der Waals surface area contributed by atoms with Crippen molar-refractivity contribution < 1.29 is 27.4 Å². The number of hydrogen-bond donors (Lipinski definition) is 1. The maximum Gasteiger partial charge on any atom is 0.416 e. The van der Waals surface area contributed by atoms with E-state index in [1.165, 1.54) is 35.5 Å². The van der Waals surface area contributed by atoms with Crippen molar-refractivity contribution in [1.29, 1.82) is 0 Å². The third-order valence-corrected chi connectivity index (χ3v) is 3.87. The van der Waals surface area contributed by atoms with Gasteiger partial charge in [-0.05, 0) is 36.4 Å². The van der Waals surface area contributed by atoms with Gasteiger partial charge >= 0.3 is 6.18 Å². The fraction of sp³-hybridized carbons (Fsp3) is 0.118. The second kappa shape index (κ2) is 6.31. The molecule has 0 saturated heterocycles. The van der Waals surface area contributed by atoms with E-state index in [1.807, 2.05) is 0 Å². The van der Waals surface area contributed by atoms with Crippen LogP contribution in [0.15, 0.2) is 49.1 Å². The van der Waals surface area contributed by atoms with E-state index in [0.717, 1.165) is 12.1 Å². The summed E-state index contributed by atoms with van der Waals surface area (Å²) >= 11 is 0. The van der Waals surface area contributed by atoms with Gasteiger partial charge in [0.2, 0.25) is 6.79 Å². The second-order valence-corrected chi connectivity index (χ2v) is 5.59. The predicted octanol–water partition coefficient (Wildman–Crippen LogP) is 3.27. The number of anilines is 1. The number of ether oxygens (including phenoxy) is 2. The van der Waals surface area contributed by atoms with E-state index in [-0.39, 0.29) is 23.7 Å². The molecule has 138 valence electrons. The van der Waals surface area contributed by atoms with Crippen LogP contribution in [0.1, 0.15) is 15.9 Å². The molecule has 3 aromatic rings. The Kier molecular flexibility index (Phi) is 3.94. The highest BCUT2D eigenvalue weighted by atomic mass is 19.4. The molecule has 7 nitrogen and oxygen atoms in total. The summed E-state index contributed by atoms with van der Waals surface area (Å²) in [5.74, 6) is 0.283. The molecule has 0 aliphatic carbocycles. The molecule has 0 spiro atoms. The molecule has 4 rings (SSSR count). The largest absolute Gasteiger partial charge is 0.454 e. The molecular formula is C17H11F3N4O3. The lowest BCUT2D eigenvalue weighted by atomic mass is 10.1. The Balaban J connectivity index is 1.70. The Bertz CT molecular complexity index is 1000.